The van der Waals surface area contributed by atoms with Gasteiger partial charge in [-0.25, -0.2) is 0 Å². The van der Waals surface area contributed by atoms with Crippen LogP contribution < -0.4 is 5.32 Å². The number of rotatable bonds is 4. The van der Waals surface area contributed by atoms with Crippen molar-refractivity contribution in [3.63, 3.8) is 0 Å². The summed E-state index contributed by atoms with van der Waals surface area (Å²) in [5.41, 5.74) is 1.72. The molecule has 0 aliphatic rings. The lowest BCUT2D eigenvalue weighted by molar-refractivity contribution is -0.123. The molecule has 6 heteroatoms. The molecule has 1 aromatic heterocycles. The molecule has 102 valence electrons. The number of nitrogens with zero attached hydrogens (tertiary/aromatic N) is 1. The van der Waals surface area contributed by atoms with Gasteiger partial charge >= 0.3 is 0 Å². The van der Waals surface area contributed by atoms with Gasteiger partial charge in [-0.15, -0.1) is 0 Å². The number of aromatic amines is 1. The summed E-state index contributed by atoms with van der Waals surface area (Å²) in [5, 5.41) is 3.50. The maximum Gasteiger partial charge on any atom is 0.242 e. The number of imidazole rings is 1. The van der Waals surface area contributed by atoms with Crippen molar-refractivity contribution in [1.29, 1.82) is 0 Å². The van der Waals surface area contributed by atoms with E-state index in [1.165, 1.54) is 0 Å². The summed E-state index contributed by atoms with van der Waals surface area (Å²) in [4.78, 5) is 15.1. The summed E-state index contributed by atoms with van der Waals surface area (Å²) in [6, 6.07) is 5.10. The van der Waals surface area contributed by atoms with Crippen molar-refractivity contribution in [3.8, 4) is 0 Å². The maximum atomic E-state index is 12.1. The minimum Gasteiger partial charge on any atom is -0.354 e. The van der Waals surface area contributed by atoms with Crippen LogP contribution in [0.5, 0.6) is 0 Å². The van der Waals surface area contributed by atoms with Gasteiger partial charge in [-0.3, -0.25) is 4.79 Å². The number of halogens is 1. The van der Waals surface area contributed by atoms with Crippen LogP contribution in [0, 0.1) is 4.77 Å². The van der Waals surface area contributed by atoms with Gasteiger partial charge in [0.15, 0.2) is 4.77 Å². The van der Waals surface area contributed by atoms with E-state index in [0.29, 0.717) is 16.3 Å². The zero-order valence-electron chi connectivity index (χ0n) is 10.9. The van der Waals surface area contributed by atoms with Crippen LogP contribution in [0.2, 0.25) is 5.02 Å². The van der Waals surface area contributed by atoms with Gasteiger partial charge in [-0.1, -0.05) is 18.5 Å². The van der Waals surface area contributed by atoms with Crippen molar-refractivity contribution in [2.45, 2.75) is 26.3 Å². The van der Waals surface area contributed by atoms with E-state index in [0.717, 1.165) is 17.5 Å². The van der Waals surface area contributed by atoms with Gasteiger partial charge in [0.25, 0.3) is 0 Å². The fourth-order valence-electron chi connectivity index (χ4n) is 1.99. The van der Waals surface area contributed by atoms with E-state index in [2.05, 4.69) is 10.3 Å². The zero-order valence-corrected chi connectivity index (χ0v) is 12.4. The van der Waals surface area contributed by atoms with E-state index in [9.17, 15) is 4.79 Å². The van der Waals surface area contributed by atoms with Crippen LogP contribution in [0.25, 0.3) is 11.0 Å². The molecule has 1 atom stereocenters. The van der Waals surface area contributed by atoms with Crippen molar-refractivity contribution in [1.82, 2.24) is 14.9 Å². The van der Waals surface area contributed by atoms with E-state index < -0.39 is 0 Å². The third-order valence-electron chi connectivity index (χ3n) is 3.00. The molecule has 2 rings (SSSR count). The molecule has 2 aromatic rings. The first-order valence-electron chi connectivity index (χ1n) is 6.22. The number of aromatic nitrogens is 2. The van der Waals surface area contributed by atoms with Crippen LogP contribution in [0.15, 0.2) is 18.2 Å². The van der Waals surface area contributed by atoms with Gasteiger partial charge in [0.2, 0.25) is 5.91 Å². The smallest absolute Gasteiger partial charge is 0.242 e. The minimum atomic E-state index is -0.369. The van der Waals surface area contributed by atoms with Gasteiger partial charge in [-0.2, -0.15) is 0 Å². The van der Waals surface area contributed by atoms with Crippen LogP contribution in [0.4, 0.5) is 0 Å². The van der Waals surface area contributed by atoms with Gasteiger partial charge in [-0.05, 0) is 43.8 Å². The van der Waals surface area contributed by atoms with Crippen molar-refractivity contribution in [2.75, 3.05) is 6.54 Å². The molecule has 0 saturated carbocycles. The monoisotopic (exact) mass is 297 g/mol. The van der Waals surface area contributed by atoms with Gasteiger partial charge in [0, 0.05) is 11.6 Å². The molecule has 19 heavy (non-hydrogen) atoms. The number of hydrogen-bond acceptors (Lipinski definition) is 2. The summed E-state index contributed by atoms with van der Waals surface area (Å²) < 4.78 is 2.32. The predicted molar refractivity (Wildman–Crippen MR) is 80.1 cm³/mol. The van der Waals surface area contributed by atoms with Crippen molar-refractivity contribution < 1.29 is 4.79 Å². The highest BCUT2D eigenvalue weighted by molar-refractivity contribution is 7.71. The Balaban J connectivity index is 2.43. The zero-order chi connectivity index (χ0) is 14.0. The lowest BCUT2D eigenvalue weighted by Crippen LogP contribution is -2.31. The quantitative estimate of drug-likeness (QED) is 0.849. The molecular formula is C13H16ClN3OS. The summed E-state index contributed by atoms with van der Waals surface area (Å²) in [5.74, 6) is -0.0428. The first-order valence-corrected chi connectivity index (χ1v) is 7.00. The largest absolute Gasteiger partial charge is 0.354 e. The molecule has 0 aliphatic carbocycles. The number of carbonyl (C=O) groups excluding carboxylic acids is 1. The molecule has 0 bridgehead atoms. The molecule has 0 fully saturated rings. The Morgan fingerprint density at radius 3 is 3.00 bits per heavy atom. The number of amides is 1. The molecular weight excluding hydrogens is 282 g/mol. The Bertz CT molecular complexity index is 661. The van der Waals surface area contributed by atoms with Crippen LogP contribution in [0.1, 0.15) is 26.3 Å². The SMILES string of the molecule is CCCNC(=O)C(C)n1c(=S)[nH]c2ccc(Cl)cc21. The number of hydrogen-bond donors (Lipinski definition) is 2. The average Bonchev–Trinajstić information content (AvgIpc) is 2.70. The summed E-state index contributed by atoms with van der Waals surface area (Å²) in [6.45, 7) is 4.51. The predicted octanol–water partition coefficient (Wildman–Crippen LogP) is 3.44. The van der Waals surface area contributed by atoms with Crippen molar-refractivity contribution in [2.24, 2.45) is 0 Å². The van der Waals surface area contributed by atoms with E-state index >= 15 is 0 Å². The molecule has 0 radical (unpaired) electrons. The Morgan fingerprint density at radius 2 is 2.32 bits per heavy atom. The number of nitrogens with one attached hydrogen (secondary N) is 2. The topological polar surface area (TPSA) is 49.8 Å². The number of fused-ring (bicyclic) bond motifs is 1. The third-order valence-corrected chi connectivity index (χ3v) is 3.53. The van der Waals surface area contributed by atoms with Crippen molar-refractivity contribution >= 4 is 40.8 Å². The van der Waals surface area contributed by atoms with Gasteiger partial charge in [0.1, 0.15) is 6.04 Å². The maximum absolute atomic E-state index is 12.1. The molecule has 1 aromatic carbocycles. The van der Waals surface area contributed by atoms with E-state index in [-0.39, 0.29) is 11.9 Å². The van der Waals surface area contributed by atoms with E-state index in [1.807, 2.05) is 26.0 Å². The second kappa shape index (κ2) is 5.75. The van der Waals surface area contributed by atoms with Crippen LogP contribution in [0.3, 0.4) is 0 Å². The fraction of sp³-hybridized carbons (Fsp3) is 0.385. The summed E-state index contributed by atoms with van der Waals surface area (Å²) >= 11 is 11.3. The Hall–Kier alpha value is -1.33. The molecule has 1 amide bonds. The van der Waals surface area contributed by atoms with Crippen LogP contribution in [-0.4, -0.2) is 22.0 Å². The minimum absolute atomic E-state index is 0.0428. The first-order chi connectivity index (χ1) is 9.04. The van der Waals surface area contributed by atoms with Crippen LogP contribution >= 0.6 is 23.8 Å². The number of carbonyl (C=O) groups is 1. The standard InChI is InChI=1S/C13H16ClN3OS/c1-3-6-15-12(18)8(2)17-11-7-9(14)4-5-10(11)16-13(17)19/h4-5,7-8H,3,6H2,1-2H3,(H,15,18)(H,16,19). The molecule has 1 heterocycles. The Morgan fingerprint density at radius 1 is 1.58 bits per heavy atom. The lowest BCUT2D eigenvalue weighted by Gasteiger charge is -2.14. The highest BCUT2D eigenvalue weighted by Crippen LogP contribution is 2.22. The highest BCUT2D eigenvalue weighted by Gasteiger charge is 2.18. The summed E-state index contributed by atoms with van der Waals surface area (Å²) in [6.07, 6.45) is 0.906. The average molecular weight is 298 g/mol. The molecule has 0 aliphatic heterocycles. The third kappa shape index (κ3) is 2.82. The molecule has 4 nitrogen and oxygen atoms in total. The second-order valence-corrected chi connectivity index (χ2v) is 5.25. The molecule has 0 saturated heterocycles. The second-order valence-electron chi connectivity index (χ2n) is 4.43. The molecule has 0 spiro atoms. The Labute approximate surface area is 121 Å². The molecule has 1 unspecified atom stereocenters. The summed E-state index contributed by atoms with van der Waals surface area (Å²) in [7, 11) is 0. The Kier molecular flexibility index (Phi) is 4.27. The lowest BCUT2D eigenvalue weighted by atomic mass is 10.2. The number of H-pyrrole nitrogens is 1. The molecule has 2 N–H and O–H groups in total. The van der Waals surface area contributed by atoms with E-state index in [4.69, 9.17) is 23.8 Å². The van der Waals surface area contributed by atoms with Gasteiger partial charge < -0.3 is 14.9 Å². The van der Waals surface area contributed by atoms with Crippen molar-refractivity contribution in [3.05, 3.63) is 28.0 Å². The fourth-order valence-corrected chi connectivity index (χ4v) is 2.53. The van der Waals surface area contributed by atoms with E-state index in [1.54, 1.807) is 10.6 Å². The number of benzene rings is 1. The van der Waals surface area contributed by atoms with Crippen LogP contribution in [-0.2, 0) is 4.79 Å². The highest BCUT2D eigenvalue weighted by atomic mass is 35.5. The normalized spacial score (nSPS) is 12.6. The van der Waals surface area contributed by atoms with Gasteiger partial charge in [0.05, 0.1) is 11.0 Å². The first kappa shape index (κ1) is 14.1.